The lowest BCUT2D eigenvalue weighted by molar-refractivity contribution is -0.131. The molecule has 0 spiro atoms. The molecule has 1 unspecified atom stereocenters. The molecule has 0 aromatic carbocycles. The number of hydrogen-bond acceptors (Lipinski definition) is 4. The van der Waals surface area contributed by atoms with Crippen molar-refractivity contribution in [2.45, 2.75) is 12.0 Å². The van der Waals surface area contributed by atoms with Crippen LogP contribution in [0.3, 0.4) is 0 Å². The Balaban J connectivity index is 2.04. The van der Waals surface area contributed by atoms with E-state index < -0.39 is 17.3 Å². The third kappa shape index (κ3) is 2.33. The van der Waals surface area contributed by atoms with Crippen molar-refractivity contribution in [1.29, 1.82) is 0 Å². The van der Waals surface area contributed by atoms with Gasteiger partial charge in [0, 0.05) is 5.75 Å². The summed E-state index contributed by atoms with van der Waals surface area (Å²) < 4.78 is 12.6. The van der Waals surface area contributed by atoms with Crippen molar-refractivity contribution < 1.29 is 14.3 Å². The average molecular weight is 242 g/mol. The molecule has 1 atom stereocenters. The van der Waals surface area contributed by atoms with Gasteiger partial charge in [-0.2, -0.15) is 11.8 Å². The Morgan fingerprint density at radius 2 is 2.44 bits per heavy atom. The van der Waals surface area contributed by atoms with Gasteiger partial charge in [-0.05, 0) is 24.3 Å². The van der Waals surface area contributed by atoms with Gasteiger partial charge >= 0.3 is 0 Å². The Labute approximate surface area is 96.3 Å². The van der Waals surface area contributed by atoms with Gasteiger partial charge in [0.25, 0.3) is 5.91 Å². The van der Waals surface area contributed by atoms with E-state index in [9.17, 15) is 14.3 Å². The molecule has 16 heavy (non-hydrogen) atoms. The zero-order valence-corrected chi connectivity index (χ0v) is 9.26. The summed E-state index contributed by atoms with van der Waals surface area (Å²) in [6.45, 7) is 0. The Morgan fingerprint density at radius 3 is 3.00 bits per heavy atom. The number of nitrogens with zero attached hydrogens (tertiary/aromatic N) is 1. The first kappa shape index (κ1) is 11.3. The van der Waals surface area contributed by atoms with Gasteiger partial charge < -0.3 is 10.4 Å². The van der Waals surface area contributed by atoms with E-state index in [0.29, 0.717) is 12.2 Å². The van der Waals surface area contributed by atoms with Gasteiger partial charge in [0.1, 0.15) is 11.6 Å². The van der Waals surface area contributed by atoms with E-state index in [0.717, 1.165) is 11.9 Å². The fourth-order valence-corrected chi connectivity index (χ4v) is 2.66. The molecule has 0 aliphatic carbocycles. The zero-order valence-electron chi connectivity index (χ0n) is 8.44. The number of aromatic nitrogens is 1. The second-order valence-electron chi connectivity index (χ2n) is 3.65. The van der Waals surface area contributed by atoms with Gasteiger partial charge in [-0.1, -0.05) is 0 Å². The summed E-state index contributed by atoms with van der Waals surface area (Å²) in [6, 6.07) is 2.56. The first-order valence-corrected chi connectivity index (χ1v) is 5.99. The molecule has 1 aromatic heterocycles. The summed E-state index contributed by atoms with van der Waals surface area (Å²) in [5.41, 5.74) is -1.32. The highest BCUT2D eigenvalue weighted by atomic mass is 32.2. The van der Waals surface area contributed by atoms with Crippen LogP contribution in [0.1, 0.15) is 6.42 Å². The predicted octanol–water partition coefficient (Wildman–Crippen LogP) is 1.03. The number of pyridine rings is 1. The van der Waals surface area contributed by atoms with Gasteiger partial charge in [-0.15, -0.1) is 0 Å². The van der Waals surface area contributed by atoms with Crippen LogP contribution in [0.5, 0.6) is 0 Å². The number of carbonyl (C=O) groups excluding carboxylic acids is 1. The fraction of sp³-hybridized carbons (Fsp3) is 0.400. The number of nitrogens with one attached hydrogen (secondary N) is 1. The van der Waals surface area contributed by atoms with Gasteiger partial charge in [0.15, 0.2) is 5.60 Å². The van der Waals surface area contributed by atoms with Crippen LogP contribution in [0.15, 0.2) is 18.3 Å². The van der Waals surface area contributed by atoms with Crippen LogP contribution >= 0.6 is 11.8 Å². The number of thioether (sulfide) groups is 1. The normalized spacial score (nSPS) is 24.4. The lowest BCUT2D eigenvalue weighted by Crippen LogP contribution is -2.43. The third-order valence-corrected chi connectivity index (χ3v) is 3.57. The van der Waals surface area contributed by atoms with E-state index in [1.807, 2.05) is 0 Å². The van der Waals surface area contributed by atoms with Crippen molar-refractivity contribution in [3.63, 3.8) is 0 Å². The van der Waals surface area contributed by atoms with E-state index in [4.69, 9.17) is 0 Å². The number of halogens is 1. The zero-order chi connectivity index (χ0) is 11.6. The Morgan fingerprint density at radius 1 is 1.62 bits per heavy atom. The van der Waals surface area contributed by atoms with Gasteiger partial charge in [0.2, 0.25) is 0 Å². The van der Waals surface area contributed by atoms with Crippen molar-refractivity contribution in [2.24, 2.45) is 0 Å². The number of rotatable bonds is 2. The summed E-state index contributed by atoms with van der Waals surface area (Å²) in [6.07, 6.45) is 1.45. The highest BCUT2D eigenvalue weighted by Gasteiger charge is 2.39. The number of amides is 1. The molecule has 1 aromatic rings. The molecule has 1 aliphatic heterocycles. The maximum Gasteiger partial charge on any atom is 0.258 e. The molecular weight excluding hydrogens is 231 g/mol. The fourth-order valence-electron chi connectivity index (χ4n) is 1.42. The summed E-state index contributed by atoms with van der Waals surface area (Å²) in [7, 11) is 0. The number of carbonyl (C=O) groups is 1. The predicted molar refractivity (Wildman–Crippen MR) is 59.7 cm³/mol. The number of aliphatic hydroxyl groups is 1. The highest BCUT2D eigenvalue weighted by molar-refractivity contribution is 7.99. The van der Waals surface area contributed by atoms with E-state index >= 15 is 0 Å². The molecular formula is C10H11FN2O2S. The molecule has 6 heteroatoms. The molecule has 1 aliphatic rings. The summed E-state index contributed by atoms with van der Waals surface area (Å²) >= 11 is 1.53. The lowest BCUT2D eigenvalue weighted by atomic mass is 10.0. The molecule has 4 nitrogen and oxygen atoms in total. The largest absolute Gasteiger partial charge is 0.379 e. The summed E-state index contributed by atoms with van der Waals surface area (Å²) in [5, 5.41) is 12.4. The van der Waals surface area contributed by atoms with Crippen molar-refractivity contribution in [1.82, 2.24) is 4.98 Å². The van der Waals surface area contributed by atoms with Crippen LogP contribution in [0.25, 0.3) is 0 Å². The molecule has 0 saturated carbocycles. The lowest BCUT2D eigenvalue weighted by Gasteiger charge is -2.19. The average Bonchev–Trinajstić information content (AvgIpc) is 2.70. The molecule has 1 fully saturated rings. The highest BCUT2D eigenvalue weighted by Crippen LogP contribution is 2.28. The Bertz CT molecular complexity index is 390. The van der Waals surface area contributed by atoms with Crippen molar-refractivity contribution in [2.75, 3.05) is 16.8 Å². The SMILES string of the molecule is O=C(Nc1ccc(F)cn1)C1(O)CCSC1. The molecule has 0 radical (unpaired) electrons. The van der Waals surface area contributed by atoms with Crippen LogP contribution in [-0.4, -0.2) is 33.1 Å². The molecule has 2 heterocycles. The smallest absolute Gasteiger partial charge is 0.258 e. The van der Waals surface area contributed by atoms with Gasteiger partial charge in [0.05, 0.1) is 6.20 Å². The summed E-state index contributed by atoms with van der Waals surface area (Å²) in [4.78, 5) is 15.4. The van der Waals surface area contributed by atoms with E-state index in [2.05, 4.69) is 10.3 Å². The van der Waals surface area contributed by atoms with Crippen molar-refractivity contribution in [3.8, 4) is 0 Å². The van der Waals surface area contributed by atoms with Crippen molar-refractivity contribution in [3.05, 3.63) is 24.1 Å². The number of hydrogen-bond donors (Lipinski definition) is 2. The van der Waals surface area contributed by atoms with Gasteiger partial charge in [-0.3, -0.25) is 4.79 Å². The van der Waals surface area contributed by atoms with Crippen LogP contribution < -0.4 is 5.32 Å². The maximum absolute atomic E-state index is 12.6. The third-order valence-electron chi connectivity index (χ3n) is 2.39. The Hall–Kier alpha value is -1.14. The quantitative estimate of drug-likeness (QED) is 0.813. The summed E-state index contributed by atoms with van der Waals surface area (Å²) in [5.74, 6) is 0.460. The molecule has 1 amide bonds. The number of anilines is 1. The molecule has 0 bridgehead atoms. The van der Waals surface area contributed by atoms with Crippen LogP contribution in [-0.2, 0) is 4.79 Å². The molecule has 2 rings (SSSR count). The van der Waals surface area contributed by atoms with Crippen molar-refractivity contribution >= 4 is 23.5 Å². The topological polar surface area (TPSA) is 62.2 Å². The minimum absolute atomic E-state index is 0.247. The maximum atomic E-state index is 12.6. The van der Waals surface area contributed by atoms with E-state index in [1.54, 1.807) is 0 Å². The molecule has 86 valence electrons. The monoisotopic (exact) mass is 242 g/mol. The standard InChI is InChI=1S/C10H11FN2O2S/c11-7-1-2-8(12-5-7)13-9(14)10(15)3-4-16-6-10/h1-2,5,15H,3-4,6H2,(H,12,13,14). The molecule has 2 N–H and O–H groups in total. The first-order chi connectivity index (χ1) is 7.60. The van der Waals surface area contributed by atoms with Crippen LogP contribution in [0, 0.1) is 5.82 Å². The Kier molecular flexibility index (Phi) is 3.11. The molecule has 1 saturated heterocycles. The second kappa shape index (κ2) is 4.39. The first-order valence-electron chi connectivity index (χ1n) is 4.83. The van der Waals surface area contributed by atoms with Crippen LogP contribution in [0.2, 0.25) is 0 Å². The minimum Gasteiger partial charge on any atom is -0.379 e. The minimum atomic E-state index is -1.32. The van der Waals surface area contributed by atoms with Crippen LogP contribution in [0.4, 0.5) is 10.2 Å². The van der Waals surface area contributed by atoms with Gasteiger partial charge in [-0.25, -0.2) is 9.37 Å². The second-order valence-corrected chi connectivity index (χ2v) is 4.76. The van der Waals surface area contributed by atoms with E-state index in [-0.39, 0.29) is 5.82 Å². The van der Waals surface area contributed by atoms with E-state index in [1.165, 1.54) is 23.9 Å².